The van der Waals surface area contributed by atoms with Crippen molar-refractivity contribution in [3.05, 3.63) is 102 Å². The van der Waals surface area contributed by atoms with E-state index in [0.717, 1.165) is 37.8 Å². The summed E-state index contributed by atoms with van der Waals surface area (Å²) >= 11 is 3.12. The number of carboxylic acids is 1. The Balaban J connectivity index is 0.000000161. The summed E-state index contributed by atoms with van der Waals surface area (Å²) in [5, 5.41) is 8.83. The molecular formula is C30H24N2O6S2. The molecule has 1 atom stereocenters. The molecular weight excluding hydrogens is 548 g/mol. The first kappa shape index (κ1) is 27.3. The van der Waals surface area contributed by atoms with Crippen LogP contribution in [0.3, 0.4) is 0 Å². The minimum absolute atomic E-state index is 0.0163. The Morgan fingerprint density at radius 3 is 2.38 bits per heavy atom. The zero-order valence-corrected chi connectivity index (χ0v) is 23.5. The molecule has 1 N–H and O–H groups in total. The minimum atomic E-state index is -0.887. The Labute approximate surface area is 238 Å². The highest BCUT2D eigenvalue weighted by Crippen LogP contribution is 2.40. The Bertz CT molecular complexity index is 1690. The molecule has 6 rings (SSSR count). The number of ketones is 2. The maximum atomic E-state index is 12.1. The van der Waals surface area contributed by atoms with Crippen molar-refractivity contribution < 1.29 is 29.0 Å². The number of esters is 1. The quantitative estimate of drug-likeness (QED) is 0.235. The molecule has 0 spiro atoms. The molecule has 2 aliphatic rings. The maximum Gasteiger partial charge on any atom is 0.308 e. The molecule has 2 aromatic carbocycles. The van der Waals surface area contributed by atoms with Crippen LogP contribution in [0.25, 0.3) is 5.57 Å². The Morgan fingerprint density at radius 1 is 0.975 bits per heavy atom. The fraction of sp³-hybridized carbons (Fsp3) is 0.200. The van der Waals surface area contributed by atoms with E-state index in [1.54, 1.807) is 70.1 Å². The smallest absolute Gasteiger partial charge is 0.308 e. The fourth-order valence-corrected chi connectivity index (χ4v) is 6.20. The molecule has 40 heavy (non-hydrogen) atoms. The number of aliphatic carboxylic acids is 1. The van der Waals surface area contributed by atoms with E-state index in [4.69, 9.17) is 9.84 Å². The number of carboxylic acid groups (broad SMARTS) is 1. The van der Waals surface area contributed by atoms with Crippen molar-refractivity contribution in [1.29, 1.82) is 0 Å². The van der Waals surface area contributed by atoms with E-state index >= 15 is 0 Å². The third kappa shape index (κ3) is 5.41. The lowest BCUT2D eigenvalue weighted by molar-refractivity contribution is -0.136. The first-order valence-corrected chi connectivity index (χ1v) is 14.2. The minimum Gasteiger partial charge on any atom is -0.481 e. The number of carbonyl (C=O) groups is 4. The van der Waals surface area contributed by atoms with Crippen LogP contribution in [0.1, 0.15) is 77.8 Å². The zero-order chi connectivity index (χ0) is 28.6. The first-order chi connectivity index (χ1) is 19.1. The van der Waals surface area contributed by atoms with Crippen LogP contribution in [0.2, 0.25) is 0 Å². The monoisotopic (exact) mass is 572 g/mol. The summed E-state index contributed by atoms with van der Waals surface area (Å²) in [5.41, 5.74) is 9.87. The number of hydrogen-bond donors (Lipinski definition) is 1. The lowest BCUT2D eigenvalue weighted by Crippen LogP contribution is -2.02. The van der Waals surface area contributed by atoms with Crippen molar-refractivity contribution in [1.82, 2.24) is 9.97 Å². The summed E-state index contributed by atoms with van der Waals surface area (Å²) in [5.74, 6) is -0.904. The number of ether oxygens (including phenoxy) is 1. The van der Waals surface area contributed by atoms with E-state index < -0.39 is 11.9 Å². The molecule has 1 unspecified atom stereocenters. The number of aryl methyl sites for hydroxylation is 2. The van der Waals surface area contributed by atoms with Crippen LogP contribution in [0, 0.1) is 13.8 Å². The molecule has 2 heterocycles. The average molecular weight is 573 g/mol. The number of benzene rings is 2. The predicted molar refractivity (Wildman–Crippen MR) is 151 cm³/mol. The Morgan fingerprint density at radius 2 is 1.73 bits per heavy atom. The number of hydrogen-bond acceptors (Lipinski definition) is 9. The van der Waals surface area contributed by atoms with Gasteiger partial charge in [0.25, 0.3) is 0 Å². The highest BCUT2D eigenvalue weighted by Gasteiger charge is 2.33. The van der Waals surface area contributed by atoms with Crippen molar-refractivity contribution in [2.75, 3.05) is 0 Å². The van der Waals surface area contributed by atoms with Gasteiger partial charge in [0, 0.05) is 45.7 Å². The number of rotatable bonds is 5. The average Bonchev–Trinajstić information content (AvgIpc) is 3.66. The van der Waals surface area contributed by atoms with Gasteiger partial charge in [0.1, 0.15) is 5.75 Å². The van der Waals surface area contributed by atoms with Gasteiger partial charge in [-0.05, 0) is 60.9 Å². The van der Waals surface area contributed by atoms with E-state index in [0.29, 0.717) is 28.9 Å². The number of allylic oxidation sites excluding steroid dienone is 1. The van der Waals surface area contributed by atoms with Crippen molar-refractivity contribution in [3.63, 3.8) is 0 Å². The second kappa shape index (κ2) is 11.1. The SMILES string of the molecule is CC(=O)Oc1ccc2c(c1)C(=O)C=C2c1ncsc1C.Cc1scnc1C1CC(=O)c2cc(CC(=O)O)ccc21. The molecule has 202 valence electrons. The highest BCUT2D eigenvalue weighted by atomic mass is 32.1. The third-order valence-electron chi connectivity index (χ3n) is 6.73. The van der Waals surface area contributed by atoms with Gasteiger partial charge in [-0.3, -0.25) is 19.2 Å². The molecule has 0 saturated heterocycles. The lowest BCUT2D eigenvalue weighted by atomic mass is 9.96. The van der Waals surface area contributed by atoms with Gasteiger partial charge in [-0.25, -0.2) is 9.97 Å². The van der Waals surface area contributed by atoms with Gasteiger partial charge in [-0.1, -0.05) is 12.1 Å². The summed E-state index contributed by atoms with van der Waals surface area (Å²) in [4.78, 5) is 56.8. The van der Waals surface area contributed by atoms with Gasteiger partial charge in [0.05, 0.1) is 28.8 Å². The second-order valence-electron chi connectivity index (χ2n) is 9.45. The zero-order valence-electron chi connectivity index (χ0n) is 21.9. The van der Waals surface area contributed by atoms with E-state index in [-0.39, 0.29) is 23.9 Å². The molecule has 10 heteroatoms. The summed E-state index contributed by atoms with van der Waals surface area (Å²) in [6.07, 6.45) is 1.96. The molecule has 0 amide bonds. The lowest BCUT2D eigenvalue weighted by Gasteiger charge is -2.09. The van der Waals surface area contributed by atoms with Crippen LogP contribution in [-0.2, 0) is 16.0 Å². The van der Waals surface area contributed by atoms with Gasteiger partial charge in [-0.15, -0.1) is 22.7 Å². The van der Waals surface area contributed by atoms with Crippen molar-refractivity contribution in [3.8, 4) is 5.75 Å². The van der Waals surface area contributed by atoms with Crippen molar-refractivity contribution in [2.24, 2.45) is 0 Å². The van der Waals surface area contributed by atoms with E-state index in [1.807, 2.05) is 19.9 Å². The number of Topliss-reactive ketones (excluding diaryl/α,β-unsaturated/α-hetero) is 1. The summed E-state index contributed by atoms with van der Waals surface area (Å²) in [7, 11) is 0. The number of thiazole rings is 2. The molecule has 0 bridgehead atoms. The van der Waals surface area contributed by atoms with Crippen LogP contribution < -0.4 is 4.74 Å². The fourth-order valence-electron chi connectivity index (χ4n) is 4.97. The number of aromatic nitrogens is 2. The molecule has 0 saturated carbocycles. The van der Waals surface area contributed by atoms with Gasteiger partial charge < -0.3 is 9.84 Å². The molecule has 2 aliphatic carbocycles. The van der Waals surface area contributed by atoms with Crippen molar-refractivity contribution in [2.45, 2.75) is 39.5 Å². The van der Waals surface area contributed by atoms with Gasteiger partial charge in [0.2, 0.25) is 0 Å². The predicted octanol–water partition coefficient (Wildman–Crippen LogP) is 5.80. The molecule has 0 fully saturated rings. The number of carbonyl (C=O) groups excluding carboxylic acids is 3. The van der Waals surface area contributed by atoms with E-state index in [1.165, 1.54) is 6.92 Å². The topological polar surface area (TPSA) is 124 Å². The third-order valence-corrected chi connectivity index (χ3v) is 8.27. The van der Waals surface area contributed by atoms with Crippen LogP contribution in [0.4, 0.5) is 0 Å². The van der Waals surface area contributed by atoms with Gasteiger partial charge in [0.15, 0.2) is 11.6 Å². The van der Waals surface area contributed by atoms with Crippen molar-refractivity contribution >= 4 is 51.8 Å². The van der Waals surface area contributed by atoms with Crippen LogP contribution in [-0.4, -0.2) is 38.6 Å². The first-order valence-electron chi connectivity index (χ1n) is 12.4. The number of nitrogens with zero attached hydrogens (tertiary/aromatic N) is 2. The van der Waals surface area contributed by atoms with Gasteiger partial charge >= 0.3 is 11.9 Å². The molecule has 0 aliphatic heterocycles. The van der Waals surface area contributed by atoms with Crippen LogP contribution in [0.15, 0.2) is 53.5 Å². The second-order valence-corrected chi connectivity index (χ2v) is 11.6. The van der Waals surface area contributed by atoms with Gasteiger partial charge in [-0.2, -0.15) is 0 Å². The standard InChI is InChI=1S/C15H11NO3S.C15H13NO3S/c1-8-15(16-7-20-8)13-6-14(18)12-5-10(19-9(2)17)3-4-11(12)13;1-8-15(16-7-20-8)12-6-13(17)11-4-9(5-14(18)19)2-3-10(11)12/h3-7H,1-2H3;2-4,7,12H,5-6H2,1H3,(H,18,19). The normalized spacial score (nSPS) is 15.2. The molecule has 2 aromatic heterocycles. The Kier molecular flexibility index (Phi) is 7.55. The van der Waals surface area contributed by atoms with E-state index in [2.05, 4.69) is 9.97 Å². The summed E-state index contributed by atoms with van der Waals surface area (Å²) in [6, 6.07) is 10.5. The summed E-state index contributed by atoms with van der Waals surface area (Å²) in [6.45, 7) is 5.31. The van der Waals surface area contributed by atoms with E-state index in [9.17, 15) is 19.2 Å². The highest BCUT2D eigenvalue weighted by molar-refractivity contribution is 7.10. The maximum absolute atomic E-state index is 12.1. The largest absolute Gasteiger partial charge is 0.481 e. The summed E-state index contributed by atoms with van der Waals surface area (Å²) < 4.78 is 5.01. The van der Waals surface area contributed by atoms with Crippen LogP contribution in [0.5, 0.6) is 5.75 Å². The molecule has 0 radical (unpaired) electrons. The molecule has 4 aromatic rings. The number of fused-ring (bicyclic) bond motifs is 2. The Hall–Kier alpha value is -4.28. The van der Waals surface area contributed by atoms with Crippen LogP contribution >= 0.6 is 22.7 Å². The molecule has 8 nitrogen and oxygen atoms in total.